The average Bonchev–Trinajstić information content (AvgIpc) is 2.33. The molecule has 0 aliphatic carbocycles. The third-order valence-electron chi connectivity index (χ3n) is 3.20. The first-order valence-electron chi connectivity index (χ1n) is 6.48. The predicted molar refractivity (Wildman–Crippen MR) is 84.8 cm³/mol. The van der Waals surface area contributed by atoms with Crippen LogP contribution in [0.4, 0.5) is 5.69 Å². The van der Waals surface area contributed by atoms with Crippen molar-refractivity contribution in [3.63, 3.8) is 0 Å². The highest BCUT2D eigenvalue weighted by Crippen LogP contribution is 2.33. The van der Waals surface area contributed by atoms with Crippen LogP contribution in [0, 0.1) is 5.92 Å². The van der Waals surface area contributed by atoms with Crippen LogP contribution in [0.15, 0.2) is 17.0 Å². The Morgan fingerprint density at radius 3 is 2.35 bits per heavy atom. The van der Waals surface area contributed by atoms with E-state index in [0.29, 0.717) is 18.1 Å². The van der Waals surface area contributed by atoms with Crippen molar-refractivity contribution in [3.8, 4) is 0 Å². The second-order valence-electron chi connectivity index (χ2n) is 4.78. The minimum atomic E-state index is -3.72. The van der Waals surface area contributed by atoms with Gasteiger partial charge in [0.15, 0.2) is 0 Å². The number of anilines is 1. The minimum Gasteiger partial charge on any atom is -0.398 e. The summed E-state index contributed by atoms with van der Waals surface area (Å²) in [5.74, 6) is 0.261. The van der Waals surface area contributed by atoms with Crippen molar-refractivity contribution in [2.45, 2.75) is 32.1 Å². The third kappa shape index (κ3) is 3.79. The van der Waals surface area contributed by atoms with Gasteiger partial charge in [0.1, 0.15) is 4.90 Å². The zero-order valence-electron chi connectivity index (χ0n) is 11.9. The molecule has 0 aliphatic heterocycles. The molecule has 0 spiro atoms. The van der Waals surface area contributed by atoms with E-state index in [-0.39, 0.29) is 21.5 Å². The van der Waals surface area contributed by atoms with Gasteiger partial charge in [-0.3, -0.25) is 0 Å². The molecule has 1 atom stereocenters. The summed E-state index contributed by atoms with van der Waals surface area (Å²) in [7, 11) is -3.72. The van der Waals surface area contributed by atoms with E-state index in [0.717, 1.165) is 6.42 Å². The molecule has 114 valence electrons. The molecule has 0 aliphatic rings. The van der Waals surface area contributed by atoms with Gasteiger partial charge < -0.3 is 5.73 Å². The van der Waals surface area contributed by atoms with Crippen LogP contribution in [0.3, 0.4) is 0 Å². The standard InChI is InChI=1S/C13H20Cl2N2O2S/c1-4-9(3)8-17(5-2)20(18,19)13-11(15)6-10(14)7-12(13)16/h6-7,9H,4-5,8,16H2,1-3H3. The number of nitrogens with two attached hydrogens (primary N) is 1. The molecule has 0 saturated heterocycles. The molecule has 0 aromatic heterocycles. The number of rotatable bonds is 6. The lowest BCUT2D eigenvalue weighted by Gasteiger charge is -2.24. The smallest absolute Gasteiger partial charge is 0.246 e. The third-order valence-corrected chi connectivity index (χ3v) is 5.89. The van der Waals surface area contributed by atoms with Crippen molar-refractivity contribution < 1.29 is 8.42 Å². The summed E-state index contributed by atoms with van der Waals surface area (Å²) < 4.78 is 26.8. The molecule has 1 rings (SSSR count). The van der Waals surface area contributed by atoms with Crippen LogP contribution in [0.2, 0.25) is 10.0 Å². The number of nitrogens with zero attached hydrogens (tertiary/aromatic N) is 1. The Morgan fingerprint density at radius 2 is 1.90 bits per heavy atom. The largest absolute Gasteiger partial charge is 0.398 e. The maximum atomic E-state index is 12.7. The van der Waals surface area contributed by atoms with Crippen LogP contribution in [-0.2, 0) is 10.0 Å². The summed E-state index contributed by atoms with van der Waals surface area (Å²) in [5.41, 5.74) is 5.86. The molecule has 0 bridgehead atoms. The van der Waals surface area contributed by atoms with Gasteiger partial charge in [-0.1, -0.05) is 50.4 Å². The lowest BCUT2D eigenvalue weighted by molar-refractivity contribution is 0.362. The van der Waals surface area contributed by atoms with Crippen molar-refractivity contribution in [1.82, 2.24) is 4.31 Å². The van der Waals surface area contributed by atoms with E-state index in [1.54, 1.807) is 6.92 Å². The monoisotopic (exact) mass is 338 g/mol. The highest BCUT2D eigenvalue weighted by atomic mass is 35.5. The Bertz CT molecular complexity index is 553. The molecule has 0 radical (unpaired) electrons. The van der Waals surface area contributed by atoms with E-state index in [1.165, 1.54) is 16.4 Å². The first-order chi connectivity index (χ1) is 9.23. The van der Waals surface area contributed by atoms with Gasteiger partial charge in [0.2, 0.25) is 10.0 Å². The summed E-state index contributed by atoms with van der Waals surface area (Å²) in [5, 5.41) is 0.369. The zero-order chi connectivity index (χ0) is 15.5. The predicted octanol–water partition coefficient (Wildman–Crippen LogP) is 3.63. The fourth-order valence-corrected chi connectivity index (χ4v) is 4.37. The first-order valence-corrected chi connectivity index (χ1v) is 8.68. The normalized spacial score (nSPS) is 13.7. The quantitative estimate of drug-likeness (QED) is 0.805. The van der Waals surface area contributed by atoms with E-state index in [2.05, 4.69) is 0 Å². The number of halogens is 2. The van der Waals surface area contributed by atoms with Crippen LogP contribution >= 0.6 is 23.2 Å². The van der Waals surface area contributed by atoms with Crippen molar-refractivity contribution in [2.75, 3.05) is 18.8 Å². The Balaban J connectivity index is 3.28. The van der Waals surface area contributed by atoms with E-state index < -0.39 is 10.0 Å². The molecular formula is C13H20Cl2N2O2S. The molecule has 0 saturated carbocycles. The second-order valence-corrected chi connectivity index (χ2v) is 7.49. The highest BCUT2D eigenvalue weighted by Gasteiger charge is 2.29. The zero-order valence-corrected chi connectivity index (χ0v) is 14.2. The summed E-state index contributed by atoms with van der Waals surface area (Å²) in [6.07, 6.45) is 0.899. The first kappa shape index (κ1) is 17.6. The molecule has 0 fully saturated rings. The van der Waals surface area contributed by atoms with Gasteiger partial charge in [-0.2, -0.15) is 4.31 Å². The molecule has 1 unspecified atom stereocenters. The molecule has 4 nitrogen and oxygen atoms in total. The molecule has 1 aromatic rings. The average molecular weight is 339 g/mol. The molecular weight excluding hydrogens is 319 g/mol. The van der Waals surface area contributed by atoms with Crippen molar-refractivity contribution in [1.29, 1.82) is 0 Å². The summed E-state index contributed by atoms with van der Waals surface area (Å²) in [6.45, 7) is 6.62. The van der Waals surface area contributed by atoms with Gasteiger partial charge >= 0.3 is 0 Å². The van der Waals surface area contributed by atoms with E-state index in [4.69, 9.17) is 28.9 Å². The maximum absolute atomic E-state index is 12.7. The molecule has 20 heavy (non-hydrogen) atoms. The summed E-state index contributed by atoms with van der Waals surface area (Å²) in [6, 6.07) is 2.79. The molecule has 0 amide bonds. The van der Waals surface area contributed by atoms with Crippen LogP contribution in [-0.4, -0.2) is 25.8 Å². The summed E-state index contributed by atoms with van der Waals surface area (Å²) >= 11 is 11.8. The van der Waals surface area contributed by atoms with Gasteiger partial charge in [-0.15, -0.1) is 0 Å². The van der Waals surface area contributed by atoms with Gasteiger partial charge in [0, 0.05) is 18.1 Å². The fraction of sp³-hybridized carbons (Fsp3) is 0.538. The Labute approximate surface area is 130 Å². The number of hydrogen-bond donors (Lipinski definition) is 1. The number of hydrogen-bond acceptors (Lipinski definition) is 3. The SMILES string of the molecule is CCC(C)CN(CC)S(=O)(=O)c1c(N)cc(Cl)cc1Cl. The lowest BCUT2D eigenvalue weighted by Crippen LogP contribution is -2.35. The topological polar surface area (TPSA) is 63.4 Å². The lowest BCUT2D eigenvalue weighted by atomic mass is 10.1. The number of benzene rings is 1. The molecule has 7 heteroatoms. The molecule has 0 heterocycles. The second kappa shape index (κ2) is 6.98. The minimum absolute atomic E-state index is 0.0533. The van der Waals surface area contributed by atoms with Gasteiger partial charge in [0.25, 0.3) is 0 Å². The van der Waals surface area contributed by atoms with Crippen LogP contribution in [0.25, 0.3) is 0 Å². The highest BCUT2D eigenvalue weighted by molar-refractivity contribution is 7.89. The van der Waals surface area contributed by atoms with E-state index >= 15 is 0 Å². The van der Waals surface area contributed by atoms with E-state index in [1.807, 2.05) is 13.8 Å². The van der Waals surface area contributed by atoms with Gasteiger partial charge in [-0.25, -0.2) is 8.42 Å². The maximum Gasteiger partial charge on any atom is 0.246 e. The Hall–Kier alpha value is -0.490. The van der Waals surface area contributed by atoms with Crippen molar-refractivity contribution in [3.05, 3.63) is 22.2 Å². The van der Waals surface area contributed by atoms with Crippen molar-refractivity contribution in [2.24, 2.45) is 5.92 Å². The van der Waals surface area contributed by atoms with Gasteiger partial charge in [0.05, 0.1) is 10.7 Å². The van der Waals surface area contributed by atoms with Crippen LogP contribution in [0.1, 0.15) is 27.2 Å². The van der Waals surface area contributed by atoms with E-state index in [9.17, 15) is 8.42 Å². The molecule has 1 aromatic carbocycles. The van der Waals surface area contributed by atoms with Gasteiger partial charge in [-0.05, 0) is 18.1 Å². The Kier molecular flexibility index (Phi) is 6.13. The Morgan fingerprint density at radius 1 is 1.30 bits per heavy atom. The molecule has 2 N–H and O–H groups in total. The fourth-order valence-electron chi connectivity index (χ4n) is 1.86. The van der Waals surface area contributed by atoms with Crippen LogP contribution < -0.4 is 5.73 Å². The van der Waals surface area contributed by atoms with Crippen molar-refractivity contribution >= 4 is 38.9 Å². The summed E-state index contributed by atoms with van der Waals surface area (Å²) in [4.78, 5) is -0.0614. The number of nitrogen functional groups attached to an aromatic ring is 1. The number of sulfonamides is 1. The van der Waals surface area contributed by atoms with Crippen LogP contribution in [0.5, 0.6) is 0 Å².